The fraction of sp³-hybridized carbons (Fsp3) is 0.333. The molecular formula is C6H11ClO. The largest absolute Gasteiger partial charge is 0.389 e. The standard InChI is InChI=1S/C6H10O.ClH/c1-3-5-6(7)4-2;/h3-4,6-7H,1-2,5H2;1H. The third-order valence-electron chi connectivity index (χ3n) is 0.680. The van der Waals surface area contributed by atoms with Crippen LogP contribution in [-0.2, 0) is 0 Å². The summed E-state index contributed by atoms with van der Waals surface area (Å²) in [6.45, 7) is 6.82. The normalized spacial score (nSPS) is 11.1. The van der Waals surface area contributed by atoms with E-state index in [4.69, 9.17) is 5.11 Å². The van der Waals surface area contributed by atoms with E-state index in [-0.39, 0.29) is 12.4 Å². The molecule has 2 heteroatoms. The Morgan fingerprint density at radius 3 is 2.12 bits per heavy atom. The van der Waals surface area contributed by atoms with Crippen molar-refractivity contribution < 1.29 is 5.11 Å². The molecule has 1 atom stereocenters. The maximum absolute atomic E-state index is 8.67. The molecule has 1 N–H and O–H groups in total. The molecule has 1 unspecified atom stereocenters. The summed E-state index contributed by atoms with van der Waals surface area (Å²) in [7, 11) is 0. The van der Waals surface area contributed by atoms with Crippen molar-refractivity contribution in [3.63, 3.8) is 0 Å². The SMILES string of the molecule is C=CCC(O)C=C.Cl. The molecule has 0 aliphatic rings. The van der Waals surface area contributed by atoms with Crippen LogP contribution in [0, 0.1) is 0 Å². The van der Waals surface area contributed by atoms with Crippen molar-refractivity contribution in [1.29, 1.82) is 0 Å². The second-order valence-electron chi connectivity index (χ2n) is 1.33. The van der Waals surface area contributed by atoms with Gasteiger partial charge in [-0.2, -0.15) is 0 Å². The van der Waals surface area contributed by atoms with Gasteiger partial charge in [-0.3, -0.25) is 0 Å². The van der Waals surface area contributed by atoms with Gasteiger partial charge in [0.05, 0.1) is 6.10 Å². The van der Waals surface area contributed by atoms with E-state index in [0.29, 0.717) is 6.42 Å². The maximum atomic E-state index is 8.67. The number of hydrogen-bond acceptors (Lipinski definition) is 1. The van der Waals surface area contributed by atoms with Crippen molar-refractivity contribution in [2.45, 2.75) is 12.5 Å². The number of aliphatic hydroxyl groups excluding tert-OH is 1. The van der Waals surface area contributed by atoms with Crippen LogP contribution in [0.2, 0.25) is 0 Å². The van der Waals surface area contributed by atoms with Gasteiger partial charge in [0.2, 0.25) is 0 Å². The zero-order chi connectivity index (χ0) is 5.70. The zero-order valence-electron chi connectivity index (χ0n) is 4.71. The molecule has 0 fully saturated rings. The third kappa shape index (κ3) is 5.73. The molecule has 1 nitrogen and oxygen atoms in total. The van der Waals surface area contributed by atoms with E-state index in [1.807, 2.05) is 0 Å². The van der Waals surface area contributed by atoms with Crippen molar-refractivity contribution in [3.8, 4) is 0 Å². The Morgan fingerprint density at radius 1 is 1.50 bits per heavy atom. The van der Waals surface area contributed by atoms with Crippen LogP contribution in [0.4, 0.5) is 0 Å². The van der Waals surface area contributed by atoms with E-state index in [1.54, 1.807) is 6.08 Å². The second-order valence-corrected chi connectivity index (χ2v) is 1.33. The quantitative estimate of drug-likeness (QED) is 0.581. The Kier molecular flexibility index (Phi) is 8.97. The summed E-state index contributed by atoms with van der Waals surface area (Å²) in [6.07, 6.45) is 3.34. The summed E-state index contributed by atoms with van der Waals surface area (Å²) in [5, 5.41) is 8.67. The first-order valence-electron chi connectivity index (χ1n) is 2.22. The summed E-state index contributed by atoms with van der Waals surface area (Å²) in [5.74, 6) is 0. The van der Waals surface area contributed by atoms with Crippen LogP contribution in [0.5, 0.6) is 0 Å². The Morgan fingerprint density at radius 2 is 2.00 bits per heavy atom. The van der Waals surface area contributed by atoms with Gasteiger partial charge in [-0.1, -0.05) is 12.2 Å². The molecule has 0 aliphatic heterocycles. The fourth-order valence-corrected chi connectivity index (χ4v) is 0.267. The minimum Gasteiger partial charge on any atom is -0.389 e. The molecule has 0 heterocycles. The molecule has 8 heavy (non-hydrogen) atoms. The molecule has 0 saturated heterocycles. The lowest BCUT2D eigenvalue weighted by molar-refractivity contribution is 0.227. The Hall–Kier alpha value is -0.270. The van der Waals surface area contributed by atoms with Gasteiger partial charge in [0.15, 0.2) is 0 Å². The number of hydrogen-bond donors (Lipinski definition) is 1. The molecule has 0 aromatic rings. The zero-order valence-corrected chi connectivity index (χ0v) is 5.53. The van der Waals surface area contributed by atoms with Gasteiger partial charge >= 0.3 is 0 Å². The molecular weight excluding hydrogens is 124 g/mol. The first-order valence-corrected chi connectivity index (χ1v) is 2.22. The van der Waals surface area contributed by atoms with E-state index in [9.17, 15) is 0 Å². The van der Waals surface area contributed by atoms with Gasteiger partial charge < -0.3 is 5.11 Å². The first-order chi connectivity index (χ1) is 3.31. The van der Waals surface area contributed by atoms with Crippen molar-refractivity contribution in [2.75, 3.05) is 0 Å². The molecule has 0 bridgehead atoms. The number of rotatable bonds is 3. The highest BCUT2D eigenvalue weighted by Gasteiger charge is 1.88. The first kappa shape index (κ1) is 10.7. The van der Waals surface area contributed by atoms with Crippen molar-refractivity contribution >= 4 is 12.4 Å². The maximum Gasteiger partial charge on any atom is 0.0752 e. The Labute approximate surface area is 56.1 Å². The van der Waals surface area contributed by atoms with Crippen LogP contribution in [0.15, 0.2) is 25.3 Å². The van der Waals surface area contributed by atoms with Crippen LogP contribution in [0.25, 0.3) is 0 Å². The van der Waals surface area contributed by atoms with Gasteiger partial charge in [-0.05, 0) is 6.42 Å². The fourth-order valence-electron chi connectivity index (χ4n) is 0.267. The number of halogens is 1. The molecule has 0 aliphatic carbocycles. The van der Waals surface area contributed by atoms with Gasteiger partial charge in [0, 0.05) is 0 Å². The topological polar surface area (TPSA) is 20.2 Å². The highest BCUT2D eigenvalue weighted by Crippen LogP contribution is 1.89. The van der Waals surface area contributed by atoms with Crippen molar-refractivity contribution in [3.05, 3.63) is 25.3 Å². The van der Waals surface area contributed by atoms with Crippen LogP contribution in [0.3, 0.4) is 0 Å². The van der Waals surface area contributed by atoms with E-state index in [2.05, 4.69) is 13.2 Å². The molecule has 0 rings (SSSR count). The predicted molar refractivity (Wildman–Crippen MR) is 38.3 cm³/mol. The summed E-state index contributed by atoms with van der Waals surface area (Å²) < 4.78 is 0. The van der Waals surface area contributed by atoms with E-state index >= 15 is 0 Å². The second kappa shape index (κ2) is 6.73. The van der Waals surface area contributed by atoms with Gasteiger partial charge in [0.1, 0.15) is 0 Å². The summed E-state index contributed by atoms with van der Waals surface area (Å²) in [6, 6.07) is 0. The summed E-state index contributed by atoms with van der Waals surface area (Å²) >= 11 is 0. The molecule has 0 aromatic heterocycles. The minimum atomic E-state index is -0.405. The van der Waals surface area contributed by atoms with Crippen LogP contribution in [-0.4, -0.2) is 11.2 Å². The lowest BCUT2D eigenvalue weighted by Crippen LogP contribution is -1.96. The van der Waals surface area contributed by atoms with E-state index < -0.39 is 6.10 Å². The number of aliphatic hydroxyl groups is 1. The van der Waals surface area contributed by atoms with Crippen LogP contribution >= 0.6 is 12.4 Å². The Bertz CT molecular complexity index is 70.9. The Balaban J connectivity index is 0. The lowest BCUT2D eigenvalue weighted by atomic mass is 10.2. The smallest absolute Gasteiger partial charge is 0.0752 e. The van der Waals surface area contributed by atoms with Gasteiger partial charge in [0.25, 0.3) is 0 Å². The average Bonchev–Trinajstić information content (AvgIpc) is 1.68. The van der Waals surface area contributed by atoms with Gasteiger partial charge in [-0.25, -0.2) is 0 Å². The lowest BCUT2D eigenvalue weighted by Gasteiger charge is -1.95. The minimum absolute atomic E-state index is 0. The summed E-state index contributed by atoms with van der Waals surface area (Å²) in [4.78, 5) is 0. The molecule has 0 radical (unpaired) electrons. The molecule has 0 spiro atoms. The highest BCUT2D eigenvalue weighted by atomic mass is 35.5. The summed E-state index contributed by atoms with van der Waals surface area (Å²) in [5.41, 5.74) is 0. The van der Waals surface area contributed by atoms with Gasteiger partial charge in [-0.15, -0.1) is 25.6 Å². The molecule has 0 amide bonds. The van der Waals surface area contributed by atoms with E-state index in [0.717, 1.165) is 0 Å². The van der Waals surface area contributed by atoms with Crippen LogP contribution < -0.4 is 0 Å². The average molecular weight is 135 g/mol. The third-order valence-corrected chi connectivity index (χ3v) is 0.680. The van der Waals surface area contributed by atoms with Crippen LogP contribution in [0.1, 0.15) is 6.42 Å². The molecule has 48 valence electrons. The monoisotopic (exact) mass is 134 g/mol. The molecule has 0 saturated carbocycles. The van der Waals surface area contributed by atoms with Crippen molar-refractivity contribution in [2.24, 2.45) is 0 Å². The molecule has 0 aromatic carbocycles. The van der Waals surface area contributed by atoms with Crippen molar-refractivity contribution in [1.82, 2.24) is 0 Å². The predicted octanol–water partition coefficient (Wildman–Crippen LogP) is 1.53. The van der Waals surface area contributed by atoms with E-state index in [1.165, 1.54) is 6.08 Å². The highest BCUT2D eigenvalue weighted by molar-refractivity contribution is 5.85.